The zero-order valence-corrected chi connectivity index (χ0v) is 10.9. The molecule has 1 aromatic heterocycles. The van der Waals surface area contributed by atoms with Crippen LogP contribution < -0.4 is 5.73 Å². The lowest BCUT2D eigenvalue weighted by molar-refractivity contribution is -0.131. The topological polar surface area (TPSA) is 75.0 Å². The van der Waals surface area contributed by atoms with Crippen molar-refractivity contribution in [1.82, 2.24) is 14.9 Å². The summed E-state index contributed by atoms with van der Waals surface area (Å²) < 4.78 is 0. The van der Waals surface area contributed by atoms with E-state index in [2.05, 4.69) is 9.97 Å². The number of carbonyl (C=O) groups is 1. The van der Waals surface area contributed by atoms with Crippen LogP contribution in [0.5, 0.6) is 0 Å². The lowest BCUT2D eigenvalue weighted by Crippen LogP contribution is -2.35. The number of rotatable bonds is 5. The first-order valence-corrected chi connectivity index (χ1v) is 6.20. The minimum atomic E-state index is -0.304. The number of nitrogens with one attached hydrogen (secondary N) is 1. The van der Waals surface area contributed by atoms with Gasteiger partial charge >= 0.3 is 0 Å². The third-order valence-electron chi connectivity index (χ3n) is 3.05. The molecule has 100 valence electrons. The Morgan fingerprint density at radius 1 is 1.42 bits per heavy atom. The summed E-state index contributed by atoms with van der Waals surface area (Å²) in [5, 5.41) is 0. The van der Waals surface area contributed by atoms with Crippen molar-refractivity contribution in [3.63, 3.8) is 0 Å². The largest absolute Gasteiger partial charge is 0.347 e. The predicted molar refractivity (Wildman–Crippen MR) is 73.3 cm³/mol. The average Bonchev–Trinajstić information content (AvgIpc) is 2.93. The second-order valence-electron chi connectivity index (χ2n) is 4.43. The Kier molecular flexibility index (Phi) is 4.30. The van der Waals surface area contributed by atoms with E-state index in [1.54, 1.807) is 24.3 Å². The standard InChI is InChI=1S/C14H18N4O/c1-18(10-13-16-7-8-17-13)14(19)12(9-15)11-5-3-2-4-6-11/h2-8,12H,9-10,15H2,1H3,(H,16,17). The maximum Gasteiger partial charge on any atom is 0.231 e. The van der Waals surface area contributed by atoms with Crippen LogP contribution in [0.4, 0.5) is 0 Å². The normalized spacial score (nSPS) is 12.1. The van der Waals surface area contributed by atoms with Crippen LogP contribution in [0.1, 0.15) is 17.3 Å². The third kappa shape index (κ3) is 3.20. The summed E-state index contributed by atoms with van der Waals surface area (Å²) in [7, 11) is 1.76. The second-order valence-corrected chi connectivity index (χ2v) is 4.43. The summed E-state index contributed by atoms with van der Waals surface area (Å²) >= 11 is 0. The van der Waals surface area contributed by atoms with Crippen molar-refractivity contribution in [2.24, 2.45) is 5.73 Å². The fraction of sp³-hybridized carbons (Fsp3) is 0.286. The molecule has 0 aliphatic carbocycles. The Morgan fingerprint density at radius 2 is 2.16 bits per heavy atom. The van der Waals surface area contributed by atoms with E-state index in [0.29, 0.717) is 13.1 Å². The van der Waals surface area contributed by atoms with Gasteiger partial charge < -0.3 is 15.6 Å². The minimum absolute atomic E-state index is 0.00472. The molecule has 1 unspecified atom stereocenters. The van der Waals surface area contributed by atoms with Gasteiger partial charge in [0.1, 0.15) is 5.82 Å². The van der Waals surface area contributed by atoms with Gasteiger partial charge in [0.05, 0.1) is 12.5 Å². The molecule has 0 saturated carbocycles. The van der Waals surface area contributed by atoms with Crippen molar-refractivity contribution in [2.45, 2.75) is 12.5 Å². The van der Waals surface area contributed by atoms with Crippen molar-refractivity contribution in [2.75, 3.05) is 13.6 Å². The van der Waals surface area contributed by atoms with Gasteiger partial charge in [-0.3, -0.25) is 4.79 Å². The highest BCUT2D eigenvalue weighted by atomic mass is 16.2. The van der Waals surface area contributed by atoms with Gasteiger partial charge in [-0.1, -0.05) is 30.3 Å². The number of amides is 1. The van der Waals surface area contributed by atoms with Crippen LogP contribution in [0.25, 0.3) is 0 Å². The van der Waals surface area contributed by atoms with E-state index in [4.69, 9.17) is 5.73 Å². The fourth-order valence-corrected chi connectivity index (χ4v) is 2.02. The molecule has 1 aromatic carbocycles. The van der Waals surface area contributed by atoms with Crippen molar-refractivity contribution in [1.29, 1.82) is 0 Å². The van der Waals surface area contributed by atoms with E-state index in [1.165, 1.54) is 0 Å². The van der Waals surface area contributed by atoms with Crippen molar-refractivity contribution < 1.29 is 4.79 Å². The highest BCUT2D eigenvalue weighted by Crippen LogP contribution is 2.17. The summed E-state index contributed by atoms with van der Waals surface area (Å²) in [4.78, 5) is 21.1. The molecular weight excluding hydrogens is 240 g/mol. The van der Waals surface area contributed by atoms with Gasteiger partial charge in [-0.05, 0) is 5.56 Å². The highest BCUT2D eigenvalue weighted by molar-refractivity contribution is 5.83. The Labute approximate surface area is 112 Å². The average molecular weight is 258 g/mol. The molecule has 5 nitrogen and oxygen atoms in total. The summed E-state index contributed by atoms with van der Waals surface area (Å²) in [6.07, 6.45) is 3.41. The number of imidazole rings is 1. The van der Waals surface area contributed by atoms with Gasteiger partial charge in [-0.2, -0.15) is 0 Å². The van der Waals surface area contributed by atoms with Crippen LogP contribution in [0.3, 0.4) is 0 Å². The predicted octanol–water partition coefficient (Wildman–Crippen LogP) is 1.11. The number of hydrogen-bond acceptors (Lipinski definition) is 3. The Bertz CT molecular complexity index is 510. The molecule has 0 radical (unpaired) electrons. The van der Waals surface area contributed by atoms with Crippen LogP contribution in [-0.4, -0.2) is 34.4 Å². The molecular formula is C14H18N4O. The highest BCUT2D eigenvalue weighted by Gasteiger charge is 2.22. The SMILES string of the molecule is CN(Cc1ncc[nH]1)C(=O)C(CN)c1ccccc1. The summed E-state index contributed by atoms with van der Waals surface area (Å²) in [6, 6.07) is 9.61. The van der Waals surface area contributed by atoms with E-state index in [-0.39, 0.29) is 11.8 Å². The van der Waals surface area contributed by atoms with Gasteiger partial charge in [0.2, 0.25) is 5.91 Å². The molecule has 0 aliphatic heterocycles. The van der Waals surface area contributed by atoms with Crippen molar-refractivity contribution >= 4 is 5.91 Å². The van der Waals surface area contributed by atoms with E-state index >= 15 is 0 Å². The molecule has 1 heterocycles. The molecule has 2 rings (SSSR count). The van der Waals surface area contributed by atoms with E-state index in [1.807, 2.05) is 30.3 Å². The molecule has 19 heavy (non-hydrogen) atoms. The second kappa shape index (κ2) is 6.15. The zero-order chi connectivity index (χ0) is 13.7. The van der Waals surface area contributed by atoms with Gasteiger partial charge in [0.25, 0.3) is 0 Å². The molecule has 5 heteroatoms. The van der Waals surface area contributed by atoms with Gasteiger partial charge in [-0.25, -0.2) is 4.98 Å². The number of benzene rings is 1. The lowest BCUT2D eigenvalue weighted by atomic mass is 9.98. The number of nitrogens with two attached hydrogens (primary N) is 1. The van der Waals surface area contributed by atoms with Crippen LogP contribution in [0.15, 0.2) is 42.7 Å². The maximum atomic E-state index is 12.4. The molecule has 1 amide bonds. The van der Waals surface area contributed by atoms with Crippen molar-refractivity contribution in [3.05, 3.63) is 54.1 Å². The zero-order valence-electron chi connectivity index (χ0n) is 10.9. The quantitative estimate of drug-likeness (QED) is 0.843. The van der Waals surface area contributed by atoms with Crippen LogP contribution in [0.2, 0.25) is 0 Å². The summed E-state index contributed by atoms with van der Waals surface area (Å²) in [5.41, 5.74) is 6.69. The maximum absolute atomic E-state index is 12.4. The number of likely N-dealkylation sites (N-methyl/N-ethyl adjacent to an activating group) is 1. The number of carbonyl (C=O) groups excluding carboxylic acids is 1. The molecule has 3 N–H and O–H groups in total. The fourth-order valence-electron chi connectivity index (χ4n) is 2.02. The first-order chi connectivity index (χ1) is 9.22. The van der Waals surface area contributed by atoms with Crippen LogP contribution >= 0.6 is 0 Å². The summed E-state index contributed by atoms with van der Waals surface area (Å²) in [6.45, 7) is 0.751. The molecule has 0 bridgehead atoms. The minimum Gasteiger partial charge on any atom is -0.347 e. The lowest BCUT2D eigenvalue weighted by Gasteiger charge is -2.22. The smallest absolute Gasteiger partial charge is 0.231 e. The van der Waals surface area contributed by atoms with Crippen LogP contribution in [0, 0.1) is 0 Å². The van der Waals surface area contributed by atoms with Gasteiger partial charge in [0.15, 0.2) is 0 Å². The Hall–Kier alpha value is -2.14. The molecule has 0 saturated heterocycles. The van der Waals surface area contributed by atoms with E-state index in [9.17, 15) is 4.79 Å². The van der Waals surface area contributed by atoms with Crippen LogP contribution in [-0.2, 0) is 11.3 Å². The molecule has 0 fully saturated rings. The Balaban J connectivity index is 2.08. The van der Waals surface area contributed by atoms with E-state index < -0.39 is 0 Å². The molecule has 2 aromatic rings. The number of hydrogen-bond donors (Lipinski definition) is 2. The van der Waals surface area contributed by atoms with Gasteiger partial charge in [0, 0.05) is 26.0 Å². The van der Waals surface area contributed by atoms with Crippen molar-refractivity contribution in [3.8, 4) is 0 Å². The number of aromatic amines is 1. The summed E-state index contributed by atoms with van der Waals surface area (Å²) in [5.74, 6) is 0.464. The first kappa shape index (κ1) is 13.3. The third-order valence-corrected chi connectivity index (χ3v) is 3.05. The molecule has 0 aliphatic rings. The number of nitrogens with zero attached hydrogens (tertiary/aromatic N) is 2. The van der Waals surface area contributed by atoms with Gasteiger partial charge in [-0.15, -0.1) is 0 Å². The van der Waals surface area contributed by atoms with E-state index in [0.717, 1.165) is 11.4 Å². The molecule has 0 spiro atoms. The number of aromatic nitrogens is 2. The molecule has 1 atom stereocenters. The monoisotopic (exact) mass is 258 g/mol. The Morgan fingerprint density at radius 3 is 2.74 bits per heavy atom. The first-order valence-electron chi connectivity index (χ1n) is 6.20. The number of H-pyrrole nitrogens is 1.